The Labute approximate surface area is 90.9 Å². The van der Waals surface area contributed by atoms with Gasteiger partial charge in [0.15, 0.2) is 19.7 Å². The average Bonchev–Trinajstić information content (AvgIpc) is 2.43. The summed E-state index contributed by atoms with van der Waals surface area (Å²) < 4.78 is 45.7. The molecule has 1 rings (SSSR count). The molecule has 0 aromatic carbocycles. The molecule has 7 heteroatoms. The SMILES string of the molecule is CC(N)CCS(=O)(=O)C1CCS(=O)(=O)C1. The molecule has 0 saturated carbocycles. The smallest absolute Gasteiger partial charge is 0.154 e. The van der Waals surface area contributed by atoms with E-state index < -0.39 is 24.9 Å². The van der Waals surface area contributed by atoms with Crippen molar-refractivity contribution in [3.05, 3.63) is 0 Å². The largest absolute Gasteiger partial charge is 0.328 e. The van der Waals surface area contributed by atoms with E-state index in [4.69, 9.17) is 5.73 Å². The van der Waals surface area contributed by atoms with Gasteiger partial charge in [-0.15, -0.1) is 0 Å². The quantitative estimate of drug-likeness (QED) is 0.718. The summed E-state index contributed by atoms with van der Waals surface area (Å²) in [7, 11) is -6.41. The van der Waals surface area contributed by atoms with Gasteiger partial charge in [0.05, 0.1) is 22.5 Å². The highest BCUT2D eigenvalue weighted by Crippen LogP contribution is 2.20. The summed E-state index contributed by atoms with van der Waals surface area (Å²) in [6.45, 7) is 1.74. The Bertz CT molecular complexity index is 410. The third-order valence-electron chi connectivity index (χ3n) is 2.56. The third-order valence-corrected chi connectivity index (χ3v) is 6.76. The van der Waals surface area contributed by atoms with Gasteiger partial charge in [0, 0.05) is 6.04 Å². The summed E-state index contributed by atoms with van der Waals surface area (Å²) in [5.74, 6) is -0.228. The fourth-order valence-corrected chi connectivity index (χ4v) is 6.22. The zero-order valence-electron chi connectivity index (χ0n) is 8.72. The fraction of sp³-hybridized carbons (Fsp3) is 1.00. The van der Waals surface area contributed by atoms with Crippen LogP contribution in [-0.4, -0.2) is 45.4 Å². The van der Waals surface area contributed by atoms with Gasteiger partial charge in [-0.25, -0.2) is 16.8 Å². The van der Waals surface area contributed by atoms with Crippen LogP contribution < -0.4 is 5.73 Å². The summed E-state index contributed by atoms with van der Waals surface area (Å²) in [6.07, 6.45) is 0.627. The van der Waals surface area contributed by atoms with E-state index in [1.54, 1.807) is 6.92 Å². The first kappa shape index (κ1) is 12.9. The predicted octanol–water partition coefficient (Wildman–Crippen LogP) is -0.674. The van der Waals surface area contributed by atoms with Crippen LogP contribution in [0.2, 0.25) is 0 Å². The van der Waals surface area contributed by atoms with Gasteiger partial charge in [0.1, 0.15) is 0 Å². The lowest BCUT2D eigenvalue weighted by Gasteiger charge is -2.10. The summed E-state index contributed by atoms with van der Waals surface area (Å²) in [4.78, 5) is 0. The van der Waals surface area contributed by atoms with E-state index >= 15 is 0 Å². The monoisotopic (exact) mass is 255 g/mol. The Morgan fingerprint density at radius 1 is 1.47 bits per heavy atom. The van der Waals surface area contributed by atoms with Crippen LogP contribution >= 0.6 is 0 Å². The molecular weight excluding hydrogens is 238 g/mol. The van der Waals surface area contributed by atoms with Crippen molar-refractivity contribution in [3.8, 4) is 0 Å². The molecule has 0 aromatic heterocycles. The Morgan fingerprint density at radius 2 is 2.07 bits per heavy atom. The van der Waals surface area contributed by atoms with Crippen molar-refractivity contribution in [3.63, 3.8) is 0 Å². The molecule has 2 N–H and O–H groups in total. The first-order chi connectivity index (χ1) is 6.73. The van der Waals surface area contributed by atoms with Crippen LogP contribution in [0.15, 0.2) is 0 Å². The van der Waals surface area contributed by atoms with E-state index in [-0.39, 0.29) is 29.7 Å². The zero-order chi connectivity index (χ0) is 11.7. The minimum absolute atomic E-state index is 0.00489. The first-order valence-corrected chi connectivity index (χ1v) is 8.44. The topological polar surface area (TPSA) is 94.3 Å². The molecule has 15 heavy (non-hydrogen) atoms. The molecule has 0 aromatic rings. The molecule has 0 bridgehead atoms. The Morgan fingerprint density at radius 3 is 2.47 bits per heavy atom. The van der Waals surface area contributed by atoms with E-state index in [2.05, 4.69) is 0 Å². The van der Waals surface area contributed by atoms with Crippen molar-refractivity contribution in [2.24, 2.45) is 5.73 Å². The lowest BCUT2D eigenvalue weighted by atomic mass is 10.3. The number of hydrogen-bond acceptors (Lipinski definition) is 5. The maximum absolute atomic E-state index is 11.7. The molecule has 1 heterocycles. The molecule has 0 amide bonds. The summed E-state index contributed by atoms with van der Waals surface area (Å²) in [5, 5.41) is -0.707. The highest BCUT2D eigenvalue weighted by Gasteiger charge is 2.36. The Balaban J connectivity index is 2.64. The maximum atomic E-state index is 11.7. The molecule has 0 spiro atoms. The zero-order valence-corrected chi connectivity index (χ0v) is 10.4. The summed E-state index contributed by atoms with van der Waals surface area (Å²) in [5.41, 5.74) is 5.47. The summed E-state index contributed by atoms with van der Waals surface area (Å²) >= 11 is 0. The van der Waals surface area contributed by atoms with E-state index in [0.29, 0.717) is 6.42 Å². The van der Waals surface area contributed by atoms with Crippen molar-refractivity contribution >= 4 is 19.7 Å². The fourth-order valence-electron chi connectivity index (χ4n) is 1.56. The van der Waals surface area contributed by atoms with Crippen LogP contribution in [0, 0.1) is 0 Å². The summed E-state index contributed by atoms with van der Waals surface area (Å²) in [6, 6.07) is -0.169. The maximum Gasteiger partial charge on any atom is 0.154 e. The molecule has 0 radical (unpaired) electrons. The van der Waals surface area contributed by atoms with Crippen LogP contribution in [0.5, 0.6) is 0 Å². The molecule has 1 saturated heterocycles. The number of rotatable bonds is 4. The second-order valence-electron chi connectivity index (χ2n) is 4.16. The van der Waals surface area contributed by atoms with Crippen molar-refractivity contribution in [2.75, 3.05) is 17.3 Å². The van der Waals surface area contributed by atoms with Crippen LogP contribution in [0.4, 0.5) is 0 Å². The average molecular weight is 255 g/mol. The molecule has 5 nitrogen and oxygen atoms in total. The van der Waals surface area contributed by atoms with Crippen molar-refractivity contribution < 1.29 is 16.8 Å². The van der Waals surface area contributed by atoms with Crippen LogP contribution in [-0.2, 0) is 19.7 Å². The van der Waals surface area contributed by atoms with Gasteiger partial charge in [-0.1, -0.05) is 0 Å². The van der Waals surface area contributed by atoms with E-state index in [9.17, 15) is 16.8 Å². The van der Waals surface area contributed by atoms with Gasteiger partial charge >= 0.3 is 0 Å². The van der Waals surface area contributed by atoms with Gasteiger partial charge in [-0.2, -0.15) is 0 Å². The molecule has 0 aliphatic carbocycles. The van der Waals surface area contributed by atoms with Crippen molar-refractivity contribution in [2.45, 2.75) is 31.1 Å². The van der Waals surface area contributed by atoms with Crippen molar-refractivity contribution in [1.82, 2.24) is 0 Å². The van der Waals surface area contributed by atoms with Gasteiger partial charge in [-0.05, 0) is 19.8 Å². The molecule has 1 aliphatic heterocycles. The lowest BCUT2D eigenvalue weighted by molar-refractivity contribution is 0.574. The standard InChI is InChI=1S/C8H17NO4S2/c1-7(9)2-5-15(12,13)8-3-4-14(10,11)6-8/h7-8H,2-6,9H2,1H3. The molecule has 2 atom stereocenters. The molecule has 1 fully saturated rings. The van der Waals surface area contributed by atoms with E-state index in [1.165, 1.54) is 0 Å². The van der Waals surface area contributed by atoms with E-state index in [0.717, 1.165) is 0 Å². The van der Waals surface area contributed by atoms with Gasteiger partial charge in [-0.3, -0.25) is 0 Å². The highest BCUT2D eigenvalue weighted by molar-refractivity contribution is 7.96. The third kappa shape index (κ3) is 3.73. The molecule has 1 aliphatic rings. The van der Waals surface area contributed by atoms with Gasteiger partial charge in [0.2, 0.25) is 0 Å². The second kappa shape index (κ2) is 4.39. The van der Waals surface area contributed by atoms with Gasteiger partial charge < -0.3 is 5.73 Å². The number of sulfone groups is 2. The first-order valence-electron chi connectivity index (χ1n) is 4.90. The second-order valence-corrected chi connectivity index (χ2v) is 8.79. The lowest BCUT2D eigenvalue weighted by Crippen LogP contribution is -2.28. The minimum Gasteiger partial charge on any atom is -0.328 e. The molecule has 2 unspecified atom stereocenters. The van der Waals surface area contributed by atoms with Crippen molar-refractivity contribution in [1.29, 1.82) is 0 Å². The van der Waals surface area contributed by atoms with Gasteiger partial charge in [0.25, 0.3) is 0 Å². The molecule has 90 valence electrons. The normalized spacial score (nSPS) is 27.7. The minimum atomic E-state index is -3.29. The van der Waals surface area contributed by atoms with Crippen LogP contribution in [0.25, 0.3) is 0 Å². The highest BCUT2D eigenvalue weighted by atomic mass is 32.2. The predicted molar refractivity (Wildman–Crippen MR) is 59.1 cm³/mol. The van der Waals surface area contributed by atoms with Crippen LogP contribution in [0.1, 0.15) is 19.8 Å². The Hall–Kier alpha value is -0.140. The van der Waals surface area contributed by atoms with Crippen LogP contribution in [0.3, 0.4) is 0 Å². The number of hydrogen-bond donors (Lipinski definition) is 1. The number of nitrogens with two attached hydrogens (primary N) is 1. The van der Waals surface area contributed by atoms with E-state index in [1.807, 2.05) is 0 Å². The Kier molecular flexibility index (Phi) is 3.78. The molecular formula is C8H17NO4S2.